The van der Waals surface area contributed by atoms with Gasteiger partial charge in [0.1, 0.15) is 11.6 Å². The van der Waals surface area contributed by atoms with Crippen LogP contribution >= 0.6 is 34.4 Å². The molecule has 3 nitrogen and oxygen atoms in total. The van der Waals surface area contributed by atoms with Crippen LogP contribution in [0.3, 0.4) is 0 Å². The number of amides is 1. The van der Waals surface area contributed by atoms with Crippen LogP contribution in [-0.4, -0.2) is 24.0 Å². The summed E-state index contributed by atoms with van der Waals surface area (Å²) >= 11 is 3.14. The Hall–Kier alpha value is -0.410. The number of hydrogen-bond acceptors (Lipinski definition) is 3. The van der Waals surface area contributed by atoms with Crippen LogP contribution in [0.1, 0.15) is 6.42 Å². The molecule has 0 aliphatic carbocycles. The van der Waals surface area contributed by atoms with E-state index in [-0.39, 0.29) is 9.26 Å². The Labute approximate surface area is 122 Å². The van der Waals surface area contributed by atoms with Gasteiger partial charge in [0.25, 0.3) is 0 Å². The third kappa shape index (κ3) is 4.36. The first-order valence-electron chi connectivity index (χ1n) is 5.15. The minimum absolute atomic E-state index is 0.0787. The van der Waals surface area contributed by atoms with Gasteiger partial charge < -0.3 is 11.1 Å². The number of nitrogens with two attached hydrogens (primary N) is 1. The first kappa shape index (κ1) is 15.6. The molecule has 1 atom stereocenters. The van der Waals surface area contributed by atoms with Crippen LogP contribution in [0, 0.1) is 15.2 Å². The van der Waals surface area contributed by atoms with Gasteiger partial charge in [0.15, 0.2) is 0 Å². The first-order valence-corrected chi connectivity index (χ1v) is 7.63. The number of hydrogen-bond donors (Lipinski definition) is 2. The van der Waals surface area contributed by atoms with E-state index in [4.69, 9.17) is 5.73 Å². The summed E-state index contributed by atoms with van der Waals surface area (Å²) in [5.41, 5.74) is 5.72. The molecule has 0 saturated carbocycles. The summed E-state index contributed by atoms with van der Waals surface area (Å²) in [7, 11) is 0. The van der Waals surface area contributed by atoms with Gasteiger partial charge in [0.05, 0.1) is 9.61 Å². The Morgan fingerprint density at radius 1 is 1.50 bits per heavy atom. The second-order valence-corrected chi connectivity index (χ2v) is 5.70. The number of carbonyl (C=O) groups excluding carboxylic acids is 1. The van der Waals surface area contributed by atoms with Gasteiger partial charge >= 0.3 is 0 Å². The quantitative estimate of drug-likeness (QED) is 0.604. The van der Waals surface area contributed by atoms with E-state index >= 15 is 0 Å². The van der Waals surface area contributed by atoms with Crippen molar-refractivity contribution < 1.29 is 13.6 Å². The first-order chi connectivity index (χ1) is 8.45. The number of thioether (sulfide) groups is 1. The van der Waals surface area contributed by atoms with Gasteiger partial charge in [-0.2, -0.15) is 11.8 Å². The molecular weight excluding hydrogens is 373 g/mol. The molecule has 0 aromatic heterocycles. The Bertz CT molecular complexity index is 422. The zero-order valence-corrected chi connectivity index (χ0v) is 12.6. The summed E-state index contributed by atoms with van der Waals surface area (Å²) in [6.45, 7) is 0. The van der Waals surface area contributed by atoms with Gasteiger partial charge in [-0.3, -0.25) is 4.79 Å². The van der Waals surface area contributed by atoms with Gasteiger partial charge in [-0.25, -0.2) is 8.78 Å². The fourth-order valence-electron chi connectivity index (χ4n) is 1.24. The number of nitrogens with one attached hydrogen (secondary N) is 1. The van der Waals surface area contributed by atoms with Crippen LogP contribution in [0.4, 0.5) is 14.5 Å². The average molecular weight is 386 g/mol. The van der Waals surface area contributed by atoms with Crippen molar-refractivity contribution in [2.75, 3.05) is 17.3 Å². The maximum atomic E-state index is 13.3. The topological polar surface area (TPSA) is 55.1 Å². The summed E-state index contributed by atoms with van der Waals surface area (Å²) in [6, 6.07) is 1.47. The summed E-state index contributed by atoms with van der Waals surface area (Å²) < 4.78 is 26.4. The zero-order chi connectivity index (χ0) is 13.7. The van der Waals surface area contributed by atoms with E-state index in [1.54, 1.807) is 34.4 Å². The van der Waals surface area contributed by atoms with Gasteiger partial charge in [-0.1, -0.05) is 0 Å². The van der Waals surface area contributed by atoms with Crippen LogP contribution in [0.15, 0.2) is 12.1 Å². The van der Waals surface area contributed by atoms with Crippen molar-refractivity contribution >= 4 is 45.9 Å². The molecule has 0 unspecified atom stereocenters. The Morgan fingerprint density at radius 2 is 2.06 bits per heavy atom. The second-order valence-electron chi connectivity index (χ2n) is 3.63. The van der Waals surface area contributed by atoms with E-state index in [0.717, 1.165) is 17.9 Å². The highest BCUT2D eigenvalue weighted by molar-refractivity contribution is 14.1. The van der Waals surface area contributed by atoms with E-state index in [1.807, 2.05) is 6.26 Å². The number of benzene rings is 1. The van der Waals surface area contributed by atoms with E-state index < -0.39 is 23.6 Å². The van der Waals surface area contributed by atoms with Crippen LogP contribution in [-0.2, 0) is 4.79 Å². The summed E-state index contributed by atoms with van der Waals surface area (Å²) in [5, 5.41) is 2.40. The molecule has 0 bridgehead atoms. The van der Waals surface area contributed by atoms with Crippen molar-refractivity contribution in [2.24, 2.45) is 5.73 Å². The minimum Gasteiger partial charge on any atom is -0.325 e. The van der Waals surface area contributed by atoms with E-state index in [0.29, 0.717) is 6.42 Å². The van der Waals surface area contributed by atoms with Crippen molar-refractivity contribution in [3.63, 3.8) is 0 Å². The minimum atomic E-state index is -0.705. The SMILES string of the molecule is CSCC[C@H](N)C(=O)Nc1cc(F)c(I)c(F)c1. The lowest BCUT2D eigenvalue weighted by atomic mass is 10.2. The Balaban J connectivity index is 2.70. The molecular formula is C11H13F2IN2OS. The molecule has 1 amide bonds. The Morgan fingerprint density at radius 3 is 2.56 bits per heavy atom. The zero-order valence-electron chi connectivity index (χ0n) is 9.67. The van der Waals surface area contributed by atoms with Crippen LogP contribution in [0.25, 0.3) is 0 Å². The molecule has 0 aliphatic heterocycles. The van der Waals surface area contributed by atoms with Gasteiger partial charge in [0.2, 0.25) is 5.91 Å². The second kappa shape index (κ2) is 7.25. The lowest BCUT2D eigenvalue weighted by Gasteiger charge is -2.12. The predicted molar refractivity (Wildman–Crippen MR) is 78.7 cm³/mol. The van der Waals surface area contributed by atoms with Gasteiger partial charge in [0, 0.05) is 5.69 Å². The highest BCUT2D eigenvalue weighted by Gasteiger charge is 2.15. The molecule has 1 aromatic rings. The number of rotatable bonds is 5. The summed E-state index contributed by atoms with van der Waals surface area (Å²) in [4.78, 5) is 11.6. The molecule has 0 saturated heterocycles. The third-order valence-electron chi connectivity index (χ3n) is 2.22. The maximum absolute atomic E-state index is 13.3. The maximum Gasteiger partial charge on any atom is 0.241 e. The lowest BCUT2D eigenvalue weighted by Crippen LogP contribution is -2.36. The van der Waals surface area contributed by atoms with Gasteiger partial charge in [-0.05, 0) is 53.2 Å². The predicted octanol–water partition coefficient (Wildman–Crippen LogP) is 2.59. The Kier molecular flexibility index (Phi) is 6.30. The van der Waals surface area contributed by atoms with Crippen molar-refractivity contribution in [3.8, 4) is 0 Å². The molecule has 0 radical (unpaired) electrons. The third-order valence-corrected chi connectivity index (χ3v) is 3.90. The van der Waals surface area contributed by atoms with Gasteiger partial charge in [-0.15, -0.1) is 0 Å². The smallest absolute Gasteiger partial charge is 0.241 e. The van der Waals surface area contributed by atoms with Crippen molar-refractivity contribution in [1.29, 1.82) is 0 Å². The molecule has 18 heavy (non-hydrogen) atoms. The molecule has 1 rings (SSSR count). The van der Waals surface area contributed by atoms with Crippen LogP contribution < -0.4 is 11.1 Å². The van der Waals surface area contributed by atoms with E-state index in [9.17, 15) is 13.6 Å². The molecule has 0 aliphatic rings. The number of anilines is 1. The van der Waals surface area contributed by atoms with E-state index in [1.165, 1.54) is 0 Å². The molecule has 100 valence electrons. The fraction of sp³-hybridized carbons (Fsp3) is 0.364. The molecule has 7 heteroatoms. The molecule has 0 heterocycles. The number of carbonyl (C=O) groups is 1. The standard InChI is InChI=1S/C11H13F2IN2OS/c1-18-3-2-9(15)11(17)16-6-4-7(12)10(14)8(13)5-6/h4-5,9H,2-3,15H2,1H3,(H,16,17)/t9-/m0/s1. The lowest BCUT2D eigenvalue weighted by molar-refractivity contribution is -0.117. The van der Waals surface area contributed by atoms with Crippen molar-refractivity contribution in [3.05, 3.63) is 27.3 Å². The van der Waals surface area contributed by atoms with Crippen molar-refractivity contribution in [1.82, 2.24) is 0 Å². The van der Waals surface area contributed by atoms with Crippen molar-refractivity contribution in [2.45, 2.75) is 12.5 Å². The number of halogens is 3. The molecule has 0 spiro atoms. The highest BCUT2D eigenvalue weighted by Crippen LogP contribution is 2.20. The average Bonchev–Trinajstić information content (AvgIpc) is 2.32. The fourth-order valence-corrected chi connectivity index (χ4v) is 2.04. The molecule has 0 fully saturated rings. The van der Waals surface area contributed by atoms with Crippen LogP contribution in [0.2, 0.25) is 0 Å². The molecule has 1 aromatic carbocycles. The monoisotopic (exact) mass is 386 g/mol. The summed E-state index contributed by atoms with van der Waals surface area (Å²) in [5.74, 6) is -1.10. The van der Waals surface area contributed by atoms with Crippen LogP contribution in [0.5, 0.6) is 0 Å². The molecule has 3 N–H and O–H groups in total. The summed E-state index contributed by atoms with van der Waals surface area (Å²) in [6.07, 6.45) is 2.43. The largest absolute Gasteiger partial charge is 0.325 e. The normalized spacial score (nSPS) is 12.3. The van der Waals surface area contributed by atoms with E-state index in [2.05, 4.69) is 5.32 Å². The highest BCUT2D eigenvalue weighted by atomic mass is 127.